The van der Waals surface area contributed by atoms with Crippen molar-refractivity contribution in [3.05, 3.63) is 82.7 Å². The lowest BCUT2D eigenvalue weighted by molar-refractivity contribution is 0.282. The molecular formula is C16H14O3. The van der Waals surface area contributed by atoms with Gasteiger partial charge in [-0.15, -0.1) is 0 Å². The molecule has 0 spiro atoms. The van der Waals surface area contributed by atoms with Crippen molar-refractivity contribution in [1.29, 1.82) is 0 Å². The number of benzene rings is 2. The van der Waals surface area contributed by atoms with Gasteiger partial charge in [-0.1, -0.05) is 48.5 Å². The Morgan fingerprint density at radius 3 is 2.21 bits per heavy atom. The molecule has 1 heterocycles. The smallest absolute Gasteiger partial charge is 0.336 e. The van der Waals surface area contributed by atoms with Crippen molar-refractivity contribution in [2.45, 2.75) is 6.61 Å². The maximum atomic E-state index is 10.7. The molecule has 0 aliphatic heterocycles. The van der Waals surface area contributed by atoms with E-state index in [9.17, 15) is 4.79 Å². The summed E-state index contributed by atoms with van der Waals surface area (Å²) in [5, 5.41) is 9.49. The van der Waals surface area contributed by atoms with E-state index < -0.39 is 0 Å². The standard InChI is InChI=1S/C9H6O2.C7H8O/c10-9-6-5-7-3-1-2-4-8(7)11-9;8-6-7-4-2-1-3-5-7/h1-6H;1-5,8H,6H2. The molecule has 0 unspecified atom stereocenters. The zero-order valence-corrected chi connectivity index (χ0v) is 10.3. The van der Waals surface area contributed by atoms with E-state index in [0.29, 0.717) is 5.58 Å². The van der Waals surface area contributed by atoms with Crippen LogP contribution < -0.4 is 5.63 Å². The first-order chi connectivity index (χ1) is 9.29. The summed E-state index contributed by atoms with van der Waals surface area (Å²) in [6.07, 6.45) is 0. The maximum absolute atomic E-state index is 10.7. The summed E-state index contributed by atoms with van der Waals surface area (Å²) in [5.41, 5.74) is 1.30. The van der Waals surface area contributed by atoms with Gasteiger partial charge in [-0.25, -0.2) is 4.79 Å². The minimum absolute atomic E-state index is 0.140. The van der Waals surface area contributed by atoms with Crippen LogP contribution in [-0.4, -0.2) is 5.11 Å². The van der Waals surface area contributed by atoms with Crippen molar-refractivity contribution in [1.82, 2.24) is 0 Å². The second-order valence-electron chi connectivity index (χ2n) is 3.94. The first-order valence-electron chi connectivity index (χ1n) is 5.93. The van der Waals surface area contributed by atoms with Crippen LogP contribution in [0.4, 0.5) is 0 Å². The molecule has 2 aromatic carbocycles. The summed E-state index contributed by atoms with van der Waals surface area (Å²) >= 11 is 0. The molecule has 3 nitrogen and oxygen atoms in total. The number of aliphatic hydroxyl groups is 1. The monoisotopic (exact) mass is 254 g/mol. The lowest BCUT2D eigenvalue weighted by atomic mass is 10.2. The molecular weight excluding hydrogens is 240 g/mol. The van der Waals surface area contributed by atoms with Crippen LogP contribution in [0.1, 0.15) is 5.56 Å². The molecule has 19 heavy (non-hydrogen) atoms. The topological polar surface area (TPSA) is 50.4 Å². The quantitative estimate of drug-likeness (QED) is 0.679. The van der Waals surface area contributed by atoms with Crippen LogP contribution in [0.15, 0.2) is 75.9 Å². The second-order valence-corrected chi connectivity index (χ2v) is 3.94. The highest BCUT2D eigenvalue weighted by molar-refractivity contribution is 5.75. The predicted molar refractivity (Wildman–Crippen MR) is 74.8 cm³/mol. The Bertz CT molecular complexity index is 687. The van der Waals surface area contributed by atoms with E-state index in [1.54, 1.807) is 12.1 Å². The van der Waals surface area contributed by atoms with E-state index in [4.69, 9.17) is 9.52 Å². The average molecular weight is 254 g/mol. The van der Waals surface area contributed by atoms with Gasteiger partial charge in [-0.05, 0) is 17.7 Å². The van der Waals surface area contributed by atoms with E-state index in [1.165, 1.54) is 6.07 Å². The van der Waals surface area contributed by atoms with Gasteiger partial charge in [0.1, 0.15) is 5.58 Å². The number of rotatable bonds is 1. The van der Waals surface area contributed by atoms with Gasteiger partial charge in [0.15, 0.2) is 0 Å². The first-order valence-corrected chi connectivity index (χ1v) is 5.93. The van der Waals surface area contributed by atoms with Gasteiger partial charge in [0.2, 0.25) is 0 Å². The summed E-state index contributed by atoms with van der Waals surface area (Å²) in [7, 11) is 0. The summed E-state index contributed by atoms with van der Waals surface area (Å²) in [6.45, 7) is 0.140. The normalized spacial score (nSPS) is 9.74. The molecule has 1 N–H and O–H groups in total. The zero-order chi connectivity index (χ0) is 13.5. The minimum Gasteiger partial charge on any atom is -0.423 e. The predicted octanol–water partition coefficient (Wildman–Crippen LogP) is 2.97. The number of fused-ring (bicyclic) bond motifs is 1. The fraction of sp³-hybridized carbons (Fsp3) is 0.0625. The van der Waals surface area contributed by atoms with Gasteiger partial charge >= 0.3 is 5.63 Å². The summed E-state index contributed by atoms with van der Waals surface area (Å²) < 4.78 is 4.91. The highest BCUT2D eigenvalue weighted by Gasteiger charge is 1.92. The fourth-order valence-corrected chi connectivity index (χ4v) is 1.59. The van der Waals surface area contributed by atoms with Crippen LogP contribution in [0, 0.1) is 0 Å². The average Bonchev–Trinajstić information content (AvgIpc) is 2.48. The largest absolute Gasteiger partial charge is 0.423 e. The highest BCUT2D eigenvalue weighted by Crippen LogP contribution is 2.08. The van der Waals surface area contributed by atoms with Crippen molar-refractivity contribution < 1.29 is 9.52 Å². The van der Waals surface area contributed by atoms with Crippen LogP contribution in [-0.2, 0) is 6.61 Å². The van der Waals surface area contributed by atoms with Crippen molar-refractivity contribution >= 4 is 11.0 Å². The third-order valence-electron chi connectivity index (χ3n) is 2.55. The Kier molecular flexibility index (Phi) is 4.48. The Morgan fingerprint density at radius 2 is 1.53 bits per heavy atom. The van der Waals surface area contributed by atoms with Gasteiger partial charge in [-0.2, -0.15) is 0 Å². The molecule has 0 radical (unpaired) electrons. The molecule has 0 aliphatic carbocycles. The molecule has 0 saturated heterocycles. The van der Waals surface area contributed by atoms with Gasteiger partial charge in [0, 0.05) is 11.5 Å². The summed E-state index contributed by atoms with van der Waals surface area (Å²) in [4.78, 5) is 10.7. The molecule has 0 aliphatic rings. The Morgan fingerprint density at radius 1 is 0.842 bits per heavy atom. The minimum atomic E-state index is -0.302. The third kappa shape index (κ3) is 3.79. The van der Waals surface area contributed by atoms with E-state index in [2.05, 4.69) is 0 Å². The number of aliphatic hydroxyl groups excluding tert-OH is 1. The SMILES string of the molecule is O=c1ccc2ccccc2o1.OCc1ccccc1. The molecule has 96 valence electrons. The molecule has 0 saturated carbocycles. The lowest BCUT2D eigenvalue weighted by Gasteiger charge is -1.91. The fourth-order valence-electron chi connectivity index (χ4n) is 1.59. The van der Waals surface area contributed by atoms with E-state index >= 15 is 0 Å². The number of hydrogen-bond acceptors (Lipinski definition) is 3. The van der Waals surface area contributed by atoms with E-state index in [0.717, 1.165) is 10.9 Å². The van der Waals surface area contributed by atoms with Crippen LogP contribution in [0.5, 0.6) is 0 Å². The lowest BCUT2D eigenvalue weighted by Crippen LogP contribution is -1.93. The Labute approximate surface area is 110 Å². The zero-order valence-electron chi connectivity index (χ0n) is 10.3. The summed E-state index contributed by atoms with van der Waals surface area (Å²) in [5.74, 6) is 0. The van der Waals surface area contributed by atoms with Crippen LogP contribution in [0.25, 0.3) is 11.0 Å². The summed E-state index contributed by atoms with van der Waals surface area (Å²) in [6, 6.07) is 20.1. The van der Waals surface area contributed by atoms with Gasteiger partial charge in [0.25, 0.3) is 0 Å². The van der Waals surface area contributed by atoms with Crippen molar-refractivity contribution in [2.24, 2.45) is 0 Å². The van der Waals surface area contributed by atoms with E-state index in [1.807, 2.05) is 48.5 Å². The maximum Gasteiger partial charge on any atom is 0.336 e. The highest BCUT2D eigenvalue weighted by atomic mass is 16.4. The molecule has 0 fully saturated rings. The van der Waals surface area contributed by atoms with Crippen molar-refractivity contribution in [3.8, 4) is 0 Å². The van der Waals surface area contributed by atoms with Gasteiger partial charge < -0.3 is 9.52 Å². The third-order valence-corrected chi connectivity index (χ3v) is 2.55. The van der Waals surface area contributed by atoms with Crippen molar-refractivity contribution in [3.63, 3.8) is 0 Å². The molecule has 0 amide bonds. The van der Waals surface area contributed by atoms with Crippen LogP contribution >= 0.6 is 0 Å². The van der Waals surface area contributed by atoms with Crippen LogP contribution in [0.2, 0.25) is 0 Å². The van der Waals surface area contributed by atoms with E-state index in [-0.39, 0.29) is 12.2 Å². The molecule has 0 bridgehead atoms. The first kappa shape index (κ1) is 13.1. The van der Waals surface area contributed by atoms with Gasteiger partial charge in [-0.3, -0.25) is 0 Å². The Balaban J connectivity index is 0.000000148. The van der Waals surface area contributed by atoms with Gasteiger partial charge in [0.05, 0.1) is 6.61 Å². The molecule has 3 rings (SSSR count). The second kappa shape index (κ2) is 6.52. The Hall–Kier alpha value is -2.39. The number of para-hydroxylation sites is 1. The molecule has 3 heteroatoms. The number of hydrogen-bond donors (Lipinski definition) is 1. The molecule has 0 atom stereocenters. The van der Waals surface area contributed by atoms with Crippen LogP contribution in [0.3, 0.4) is 0 Å². The molecule has 1 aromatic heterocycles. The molecule has 3 aromatic rings. The van der Waals surface area contributed by atoms with Crippen molar-refractivity contribution in [2.75, 3.05) is 0 Å².